The van der Waals surface area contributed by atoms with Crippen molar-refractivity contribution < 1.29 is 13.5 Å². The fraction of sp³-hybridized carbons (Fsp3) is 0.286. The van der Waals surface area contributed by atoms with Crippen LogP contribution in [0.3, 0.4) is 0 Å². The van der Waals surface area contributed by atoms with Crippen molar-refractivity contribution in [2.75, 3.05) is 5.73 Å². The number of hydrogen-bond donors (Lipinski definition) is 2. The lowest BCUT2D eigenvalue weighted by Crippen LogP contribution is -2.19. The third-order valence-corrected chi connectivity index (χ3v) is 5.84. The number of hydrogen-bond acceptors (Lipinski definition) is 5. The van der Waals surface area contributed by atoms with E-state index in [2.05, 4.69) is 11.1 Å². The molecular formula is C21H20Cl2FN3O2. The smallest absolute Gasteiger partial charge is 0.205 e. The molecule has 1 aliphatic carbocycles. The zero-order valence-electron chi connectivity index (χ0n) is 15.7. The molecule has 4 N–H and O–H groups in total. The van der Waals surface area contributed by atoms with Crippen molar-refractivity contribution in [1.82, 2.24) is 4.98 Å². The second-order valence-electron chi connectivity index (χ2n) is 7.13. The van der Waals surface area contributed by atoms with Gasteiger partial charge >= 0.3 is 0 Å². The standard InChI is InChI=1S/C21H20Cl2FN3O2/c1-10(17-15(22)5-6-16(24)18(17)23)29-20-19-13(8-27-21(20)26)14(9-28-19)11-3-2-4-12(25)7-11/h5-10,12H,2-4,25H2,1H3,(H2,26,27)/t10-,12?/m1/s1. The van der Waals surface area contributed by atoms with Crippen LogP contribution in [0.2, 0.25) is 10.0 Å². The first-order valence-corrected chi connectivity index (χ1v) is 10.0. The fourth-order valence-corrected chi connectivity index (χ4v) is 4.35. The molecule has 0 bridgehead atoms. The summed E-state index contributed by atoms with van der Waals surface area (Å²) in [4.78, 5) is 4.26. The highest BCUT2D eigenvalue weighted by Crippen LogP contribution is 2.41. The number of rotatable bonds is 4. The van der Waals surface area contributed by atoms with Gasteiger partial charge in [-0.05, 0) is 43.9 Å². The number of aromatic nitrogens is 1. The van der Waals surface area contributed by atoms with Gasteiger partial charge in [0, 0.05) is 28.4 Å². The normalized spacial score (nSPS) is 18.0. The monoisotopic (exact) mass is 435 g/mol. The second kappa shape index (κ2) is 7.86. The van der Waals surface area contributed by atoms with Gasteiger partial charge in [0.05, 0.1) is 16.7 Å². The third kappa shape index (κ3) is 3.68. The molecule has 2 heterocycles. The van der Waals surface area contributed by atoms with Crippen LogP contribution < -0.4 is 16.2 Å². The van der Waals surface area contributed by atoms with Crippen molar-refractivity contribution in [1.29, 1.82) is 0 Å². The zero-order chi connectivity index (χ0) is 20.7. The van der Waals surface area contributed by atoms with E-state index < -0.39 is 11.9 Å². The van der Waals surface area contributed by atoms with Gasteiger partial charge in [-0.2, -0.15) is 0 Å². The predicted octanol–water partition coefficient (Wildman–Crippen LogP) is 5.89. The topological polar surface area (TPSA) is 87.3 Å². The van der Waals surface area contributed by atoms with Crippen molar-refractivity contribution in [3.05, 3.63) is 57.7 Å². The molecule has 0 saturated carbocycles. The van der Waals surface area contributed by atoms with Gasteiger partial charge < -0.3 is 20.6 Å². The molecule has 0 aliphatic heterocycles. The maximum absolute atomic E-state index is 13.9. The SMILES string of the molecule is C[C@@H](Oc1c(N)ncc2c(C3=CC(N)CCC3)coc12)c1c(Cl)ccc(F)c1Cl. The van der Waals surface area contributed by atoms with E-state index in [0.29, 0.717) is 16.2 Å². The van der Waals surface area contributed by atoms with E-state index in [-0.39, 0.29) is 22.6 Å². The first-order chi connectivity index (χ1) is 13.9. The van der Waals surface area contributed by atoms with Gasteiger partial charge in [-0.15, -0.1) is 0 Å². The maximum Gasteiger partial charge on any atom is 0.205 e. The van der Waals surface area contributed by atoms with Gasteiger partial charge in [0.1, 0.15) is 11.9 Å². The molecule has 152 valence electrons. The summed E-state index contributed by atoms with van der Waals surface area (Å²) < 4.78 is 25.7. The number of benzene rings is 1. The molecule has 2 atom stereocenters. The average molecular weight is 436 g/mol. The van der Waals surface area contributed by atoms with Gasteiger partial charge in [-0.3, -0.25) is 0 Å². The Morgan fingerprint density at radius 1 is 1.34 bits per heavy atom. The molecule has 0 saturated heterocycles. The summed E-state index contributed by atoms with van der Waals surface area (Å²) in [5, 5.41) is 0.979. The average Bonchev–Trinajstić information content (AvgIpc) is 3.12. The Bertz CT molecular complexity index is 1110. The van der Waals surface area contributed by atoms with Gasteiger partial charge in [0.25, 0.3) is 0 Å². The molecular weight excluding hydrogens is 416 g/mol. The molecule has 1 aliphatic rings. The summed E-state index contributed by atoms with van der Waals surface area (Å²) in [6.07, 6.45) is 7.58. The number of ether oxygens (including phenoxy) is 1. The highest BCUT2D eigenvalue weighted by atomic mass is 35.5. The number of furan rings is 1. The van der Waals surface area contributed by atoms with Crippen LogP contribution in [0.4, 0.5) is 10.2 Å². The molecule has 3 aromatic rings. The Labute approximate surface area is 177 Å². The summed E-state index contributed by atoms with van der Waals surface area (Å²) in [5.41, 5.74) is 15.0. The Morgan fingerprint density at radius 3 is 2.90 bits per heavy atom. The predicted molar refractivity (Wildman–Crippen MR) is 114 cm³/mol. The minimum Gasteiger partial charge on any atom is -0.478 e. The first kappa shape index (κ1) is 20.0. The lowest BCUT2D eigenvalue weighted by atomic mass is 9.91. The molecule has 29 heavy (non-hydrogen) atoms. The molecule has 0 amide bonds. The molecule has 0 radical (unpaired) electrons. The van der Waals surface area contributed by atoms with Gasteiger partial charge in [-0.1, -0.05) is 29.3 Å². The summed E-state index contributed by atoms with van der Waals surface area (Å²) in [6, 6.07) is 2.67. The lowest BCUT2D eigenvalue weighted by Gasteiger charge is -2.19. The first-order valence-electron chi connectivity index (χ1n) is 9.29. The van der Waals surface area contributed by atoms with Crippen LogP contribution in [0.15, 0.2) is 35.1 Å². The largest absolute Gasteiger partial charge is 0.478 e. The van der Waals surface area contributed by atoms with E-state index in [1.807, 2.05) is 0 Å². The Kier molecular flexibility index (Phi) is 5.42. The summed E-state index contributed by atoms with van der Waals surface area (Å²) in [7, 11) is 0. The highest BCUT2D eigenvalue weighted by Gasteiger charge is 2.24. The van der Waals surface area contributed by atoms with Crippen molar-refractivity contribution in [3.8, 4) is 5.75 Å². The van der Waals surface area contributed by atoms with Crippen LogP contribution in [0.5, 0.6) is 5.75 Å². The second-order valence-corrected chi connectivity index (χ2v) is 7.91. The number of anilines is 1. The third-order valence-electron chi connectivity index (χ3n) is 5.13. The van der Waals surface area contributed by atoms with Crippen molar-refractivity contribution in [2.45, 2.75) is 38.3 Å². The number of nitrogen functional groups attached to an aromatic ring is 1. The van der Waals surface area contributed by atoms with Crippen molar-refractivity contribution in [3.63, 3.8) is 0 Å². The van der Waals surface area contributed by atoms with Crippen LogP contribution in [0, 0.1) is 5.82 Å². The number of fused-ring (bicyclic) bond motifs is 1. The van der Waals surface area contributed by atoms with Crippen LogP contribution >= 0.6 is 23.2 Å². The molecule has 2 aromatic heterocycles. The summed E-state index contributed by atoms with van der Waals surface area (Å²) >= 11 is 12.3. The van der Waals surface area contributed by atoms with Crippen LogP contribution in [0.25, 0.3) is 16.5 Å². The van der Waals surface area contributed by atoms with Gasteiger partial charge in [0.2, 0.25) is 5.75 Å². The zero-order valence-corrected chi connectivity index (χ0v) is 17.2. The van der Waals surface area contributed by atoms with Crippen molar-refractivity contribution >= 4 is 45.6 Å². The molecule has 5 nitrogen and oxygen atoms in total. The van der Waals surface area contributed by atoms with Gasteiger partial charge in [-0.25, -0.2) is 9.37 Å². The van der Waals surface area contributed by atoms with Gasteiger partial charge in [0.15, 0.2) is 11.4 Å². The Hall–Kier alpha value is -2.28. The van der Waals surface area contributed by atoms with E-state index >= 15 is 0 Å². The van der Waals surface area contributed by atoms with Crippen LogP contribution in [-0.4, -0.2) is 11.0 Å². The van der Waals surface area contributed by atoms with Crippen molar-refractivity contribution in [2.24, 2.45) is 5.73 Å². The minimum atomic E-state index is -0.684. The van der Waals surface area contributed by atoms with Crippen LogP contribution in [0.1, 0.15) is 43.4 Å². The number of halogens is 3. The summed E-state index contributed by atoms with van der Waals surface area (Å²) in [5.74, 6) is -0.159. The minimum absolute atomic E-state index is 0.0263. The lowest BCUT2D eigenvalue weighted by molar-refractivity contribution is 0.227. The van der Waals surface area contributed by atoms with E-state index in [0.717, 1.165) is 35.8 Å². The van der Waals surface area contributed by atoms with E-state index in [1.54, 1.807) is 19.4 Å². The van der Waals surface area contributed by atoms with E-state index in [9.17, 15) is 4.39 Å². The molecule has 0 fully saturated rings. The Balaban J connectivity index is 1.75. The van der Waals surface area contributed by atoms with E-state index in [1.165, 1.54) is 12.1 Å². The quantitative estimate of drug-likeness (QED) is 0.498. The highest BCUT2D eigenvalue weighted by molar-refractivity contribution is 6.36. The number of allylic oxidation sites excluding steroid dienone is 1. The van der Waals surface area contributed by atoms with Crippen LogP contribution in [-0.2, 0) is 0 Å². The molecule has 1 unspecified atom stereocenters. The maximum atomic E-state index is 13.9. The number of nitrogens with two attached hydrogens (primary N) is 2. The molecule has 4 rings (SSSR count). The molecule has 1 aromatic carbocycles. The molecule has 8 heteroatoms. The number of nitrogens with zero attached hydrogens (tertiary/aromatic N) is 1. The molecule has 0 spiro atoms. The Morgan fingerprint density at radius 2 is 2.14 bits per heavy atom. The summed E-state index contributed by atoms with van der Waals surface area (Å²) in [6.45, 7) is 1.71. The van der Waals surface area contributed by atoms with E-state index in [4.69, 9.17) is 43.8 Å². The fourth-order valence-electron chi connectivity index (χ4n) is 3.67. The number of pyridine rings is 1.